The maximum absolute atomic E-state index is 14.4. The number of aromatic nitrogens is 2. The van der Waals surface area contributed by atoms with Crippen molar-refractivity contribution in [1.82, 2.24) is 9.97 Å². The zero-order valence-corrected chi connectivity index (χ0v) is 17.3. The average Bonchev–Trinajstić information content (AvgIpc) is 3.16. The van der Waals surface area contributed by atoms with Crippen LogP contribution in [0, 0.1) is 11.6 Å². The van der Waals surface area contributed by atoms with Crippen LogP contribution in [0.2, 0.25) is 0 Å². The lowest BCUT2D eigenvalue weighted by Gasteiger charge is -2.20. The number of benzene rings is 2. The van der Waals surface area contributed by atoms with E-state index in [1.807, 2.05) is 18.2 Å². The van der Waals surface area contributed by atoms with Crippen LogP contribution in [0.4, 0.5) is 13.9 Å². The Labute approximate surface area is 176 Å². The zero-order chi connectivity index (χ0) is 21.3. The first kappa shape index (κ1) is 20.1. The predicted molar refractivity (Wildman–Crippen MR) is 115 cm³/mol. The van der Waals surface area contributed by atoms with Crippen LogP contribution in [0.5, 0.6) is 0 Å². The quantitative estimate of drug-likeness (QED) is 0.399. The van der Waals surface area contributed by atoms with Crippen LogP contribution in [-0.4, -0.2) is 15.9 Å². The first-order valence-corrected chi connectivity index (χ1v) is 10.3. The molecular formula is C23H19F2N3OS. The standard InChI is InChI=1S/C23H19F2N3OS/c1-14(2)16-8-5-11-19-21(16)27-23(30-19)28(13-15-7-3-4-12-26-15)22(29)20-17(24)9-6-10-18(20)25/h3-12,14H,13H2,1-2H3. The van der Waals surface area contributed by atoms with Gasteiger partial charge in [-0.15, -0.1) is 0 Å². The third-order valence-corrected chi connectivity index (χ3v) is 5.80. The highest BCUT2D eigenvalue weighted by Crippen LogP contribution is 2.35. The molecule has 0 aliphatic heterocycles. The Kier molecular flexibility index (Phi) is 5.55. The molecule has 4 nitrogen and oxygen atoms in total. The SMILES string of the molecule is CC(C)c1cccc2sc(N(Cc3ccccn3)C(=O)c3c(F)cccc3F)nc12. The summed E-state index contributed by atoms with van der Waals surface area (Å²) in [6.07, 6.45) is 1.61. The number of halogens is 2. The van der Waals surface area contributed by atoms with Crippen LogP contribution in [0.1, 0.15) is 41.4 Å². The van der Waals surface area contributed by atoms with Gasteiger partial charge in [0, 0.05) is 6.20 Å². The van der Waals surface area contributed by atoms with E-state index in [0.717, 1.165) is 27.9 Å². The minimum absolute atomic E-state index is 0.0459. The van der Waals surface area contributed by atoms with E-state index in [1.54, 1.807) is 24.4 Å². The monoisotopic (exact) mass is 423 g/mol. The lowest BCUT2D eigenvalue weighted by atomic mass is 10.0. The number of anilines is 1. The van der Waals surface area contributed by atoms with E-state index in [0.29, 0.717) is 10.8 Å². The number of hydrogen-bond donors (Lipinski definition) is 0. The van der Waals surface area contributed by atoms with Crippen LogP contribution >= 0.6 is 11.3 Å². The molecule has 30 heavy (non-hydrogen) atoms. The van der Waals surface area contributed by atoms with Crippen molar-refractivity contribution >= 4 is 32.6 Å². The number of nitrogens with zero attached hydrogens (tertiary/aromatic N) is 3. The zero-order valence-electron chi connectivity index (χ0n) is 16.5. The highest BCUT2D eigenvalue weighted by molar-refractivity contribution is 7.22. The largest absolute Gasteiger partial charge is 0.278 e. The topological polar surface area (TPSA) is 46.1 Å². The molecule has 1 amide bonds. The van der Waals surface area contributed by atoms with Gasteiger partial charge in [-0.25, -0.2) is 13.8 Å². The summed E-state index contributed by atoms with van der Waals surface area (Å²) >= 11 is 1.31. The van der Waals surface area contributed by atoms with Gasteiger partial charge in [0.25, 0.3) is 5.91 Å². The molecule has 0 N–H and O–H groups in total. The fourth-order valence-corrected chi connectivity index (χ4v) is 4.25. The molecule has 0 saturated carbocycles. The van der Waals surface area contributed by atoms with Gasteiger partial charge in [-0.1, -0.05) is 49.4 Å². The smallest absolute Gasteiger partial charge is 0.266 e. The molecule has 7 heteroatoms. The molecule has 152 valence electrons. The second-order valence-corrected chi connectivity index (χ2v) is 8.16. The molecule has 4 aromatic rings. The van der Waals surface area contributed by atoms with Gasteiger partial charge >= 0.3 is 0 Å². The summed E-state index contributed by atoms with van der Waals surface area (Å²) in [7, 11) is 0. The fraction of sp³-hybridized carbons (Fsp3) is 0.174. The summed E-state index contributed by atoms with van der Waals surface area (Å²) in [5, 5.41) is 0.372. The Bertz CT molecular complexity index is 1190. The second-order valence-electron chi connectivity index (χ2n) is 7.15. The van der Waals surface area contributed by atoms with E-state index in [2.05, 4.69) is 23.8 Å². The lowest BCUT2D eigenvalue weighted by molar-refractivity contribution is 0.0976. The summed E-state index contributed by atoms with van der Waals surface area (Å²) in [6.45, 7) is 4.18. The first-order chi connectivity index (χ1) is 14.5. The van der Waals surface area contributed by atoms with Gasteiger partial charge in [0.1, 0.15) is 17.2 Å². The molecule has 4 rings (SSSR count). The van der Waals surface area contributed by atoms with E-state index in [-0.39, 0.29) is 12.5 Å². The van der Waals surface area contributed by atoms with Crippen LogP contribution in [0.25, 0.3) is 10.2 Å². The number of rotatable bonds is 5. The van der Waals surface area contributed by atoms with Gasteiger partial charge in [-0.2, -0.15) is 0 Å². The van der Waals surface area contributed by atoms with Crippen LogP contribution in [0.3, 0.4) is 0 Å². The Balaban J connectivity index is 1.85. The molecular weight excluding hydrogens is 404 g/mol. The molecule has 0 atom stereocenters. The third kappa shape index (κ3) is 3.80. The van der Waals surface area contributed by atoms with Gasteiger partial charge in [0.15, 0.2) is 5.13 Å². The molecule has 0 bridgehead atoms. The van der Waals surface area contributed by atoms with E-state index in [4.69, 9.17) is 0 Å². The van der Waals surface area contributed by atoms with Gasteiger partial charge < -0.3 is 0 Å². The number of amides is 1. The number of hydrogen-bond acceptors (Lipinski definition) is 4. The van der Waals surface area contributed by atoms with Crippen molar-refractivity contribution in [2.75, 3.05) is 4.90 Å². The van der Waals surface area contributed by atoms with Gasteiger partial charge in [-0.3, -0.25) is 14.7 Å². The predicted octanol–water partition coefficient (Wildman–Crippen LogP) is 5.94. The summed E-state index contributed by atoms with van der Waals surface area (Å²) in [6, 6.07) is 14.6. The minimum atomic E-state index is -0.907. The number of fused-ring (bicyclic) bond motifs is 1. The number of pyridine rings is 1. The molecule has 0 aliphatic rings. The molecule has 0 radical (unpaired) electrons. The van der Waals surface area contributed by atoms with Crippen LogP contribution in [0.15, 0.2) is 60.8 Å². The molecule has 0 unspecified atom stereocenters. The molecule has 0 spiro atoms. The van der Waals surface area contributed by atoms with Crippen molar-refractivity contribution in [2.45, 2.75) is 26.3 Å². The minimum Gasteiger partial charge on any atom is -0.278 e. The Morgan fingerprint density at radius 2 is 1.77 bits per heavy atom. The maximum atomic E-state index is 14.4. The van der Waals surface area contributed by atoms with E-state index in [9.17, 15) is 13.6 Å². The number of carbonyl (C=O) groups is 1. The normalized spacial score (nSPS) is 11.2. The summed E-state index contributed by atoms with van der Waals surface area (Å²) in [4.78, 5) is 23.5. The summed E-state index contributed by atoms with van der Waals surface area (Å²) in [5.41, 5.74) is 1.83. The maximum Gasteiger partial charge on any atom is 0.266 e. The molecule has 2 heterocycles. The second kappa shape index (κ2) is 8.28. The van der Waals surface area contributed by atoms with Crippen molar-refractivity contribution in [3.8, 4) is 0 Å². The number of carbonyl (C=O) groups excluding carboxylic acids is 1. The lowest BCUT2D eigenvalue weighted by Crippen LogP contribution is -2.32. The van der Waals surface area contributed by atoms with E-state index < -0.39 is 23.1 Å². The summed E-state index contributed by atoms with van der Waals surface area (Å²) in [5.74, 6) is -2.36. The highest BCUT2D eigenvalue weighted by atomic mass is 32.1. The molecule has 2 aromatic carbocycles. The highest BCUT2D eigenvalue weighted by Gasteiger charge is 2.27. The Morgan fingerprint density at radius 3 is 2.43 bits per heavy atom. The Morgan fingerprint density at radius 1 is 1.03 bits per heavy atom. The van der Waals surface area contributed by atoms with Crippen LogP contribution in [-0.2, 0) is 6.54 Å². The van der Waals surface area contributed by atoms with Gasteiger partial charge in [0.2, 0.25) is 0 Å². The number of thiazole rings is 1. The molecule has 0 aliphatic carbocycles. The number of para-hydroxylation sites is 1. The first-order valence-electron chi connectivity index (χ1n) is 9.51. The van der Waals surface area contributed by atoms with Crippen molar-refractivity contribution in [2.24, 2.45) is 0 Å². The van der Waals surface area contributed by atoms with Crippen molar-refractivity contribution in [1.29, 1.82) is 0 Å². The molecule has 0 fully saturated rings. The third-order valence-electron chi connectivity index (χ3n) is 4.76. The van der Waals surface area contributed by atoms with Gasteiger partial charge in [0.05, 0.1) is 22.5 Å². The molecule has 2 aromatic heterocycles. The summed E-state index contributed by atoms with van der Waals surface area (Å²) < 4.78 is 29.6. The Hall–Kier alpha value is -3.19. The van der Waals surface area contributed by atoms with Crippen molar-refractivity contribution in [3.63, 3.8) is 0 Å². The van der Waals surface area contributed by atoms with E-state index >= 15 is 0 Å². The van der Waals surface area contributed by atoms with Crippen molar-refractivity contribution in [3.05, 3.63) is 89.2 Å². The van der Waals surface area contributed by atoms with Gasteiger partial charge in [-0.05, 0) is 41.8 Å². The fourth-order valence-electron chi connectivity index (χ4n) is 3.26. The molecule has 0 saturated heterocycles. The average molecular weight is 423 g/mol. The van der Waals surface area contributed by atoms with Crippen LogP contribution < -0.4 is 4.90 Å². The van der Waals surface area contributed by atoms with Crippen molar-refractivity contribution < 1.29 is 13.6 Å². The van der Waals surface area contributed by atoms with E-state index in [1.165, 1.54) is 22.3 Å².